The molecule has 3 aromatic carbocycles. The summed E-state index contributed by atoms with van der Waals surface area (Å²) in [4.78, 5) is 28.3. The fourth-order valence-electron chi connectivity index (χ4n) is 3.80. The van der Waals surface area contributed by atoms with Gasteiger partial charge in [0.25, 0.3) is 5.91 Å². The minimum absolute atomic E-state index is 0.0426. The van der Waals surface area contributed by atoms with Gasteiger partial charge >= 0.3 is 0 Å². The van der Waals surface area contributed by atoms with Crippen molar-refractivity contribution in [1.29, 1.82) is 0 Å². The third-order valence-corrected chi connectivity index (χ3v) is 5.85. The highest BCUT2D eigenvalue weighted by Gasteiger charge is 2.43. The second-order valence-corrected chi connectivity index (χ2v) is 8.28. The topological polar surface area (TPSA) is 50.5 Å². The van der Waals surface area contributed by atoms with Crippen molar-refractivity contribution in [3.05, 3.63) is 109 Å². The van der Waals surface area contributed by atoms with Gasteiger partial charge in [-0.3, -0.25) is 14.5 Å². The smallest absolute Gasteiger partial charge is 0.295 e. The lowest BCUT2D eigenvalue weighted by molar-refractivity contribution is 0.0971. The molecule has 1 unspecified atom stereocenters. The molecule has 0 saturated carbocycles. The van der Waals surface area contributed by atoms with Crippen LogP contribution in [0.4, 0.5) is 10.1 Å². The maximum absolute atomic E-state index is 13.8. The van der Waals surface area contributed by atoms with Gasteiger partial charge in [0.2, 0.25) is 5.76 Å². The van der Waals surface area contributed by atoms with Crippen molar-refractivity contribution in [2.24, 2.45) is 0 Å². The normalized spacial score (nSPS) is 15.6. The van der Waals surface area contributed by atoms with Crippen molar-refractivity contribution in [3.8, 4) is 0 Å². The minimum atomic E-state index is -0.733. The number of anilines is 1. The van der Waals surface area contributed by atoms with Gasteiger partial charge < -0.3 is 4.42 Å². The number of halogens is 3. The first-order valence-electron chi connectivity index (χ1n) is 9.05. The molecule has 0 N–H and O–H groups in total. The molecule has 0 fully saturated rings. The van der Waals surface area contributed by atoms with Crippen molar-refractivity contribution < 1.29 is 13.6 Å². The summed E-state index contributed by atoms with van der Waals surface area (Å²) in [7, 11) is 0. The van der Waals surface area contributed by atoms with Crippen molar-refractivity contribution >= 4 is 50.1 Å². The molecule has 1 amide bonds. The molecule has 1 atom stereocenters. The van der Waals surface area contributed by atoms with Crippen LogP contribution < -0.4 is 10.3 Å². The van der Waals surface area contributed by atoms with E-state index in [4.69, 9.17) is 16.0 Å². The number of amides is 1. The second kappa shape index (κ2) is 7.07. The summed E-state index contributed by atoms with van der Waals surface area (Å²) in [6.45, 7) is 0. The van der Waals surface area contributed by atoms with Gasteiger partial charge in [0.05, 0.1) is 17.0 Å². The molecule has 1 aliphatic rings. The number of hydrogen-bond donors (Lipinski definition) is 0. The minimum Gasteiger partial charge on any atom is -0.450 e. The van der Waals surface area contributed by atoms with Crippen LogP contribution >= 0.6 is 27.5 Å². The number of benzene rings is 3. The largest absolute Gasteiger partial charge is 0.450 e. The Bertz CT molecular complexity index is 1380. The van der Waals surface area contributed by atoms with E-state index in [0.717, 1.165) is 10.5 Å². The standard InChI is InChI=1S/C23H12BrClFNO3/c24-13-2-1-3-16(10-13)27-20(12-4-6-14(25)7-5-12)19-21(28)17-11-15(26)8-9-18(17)30-22(19)23(27)29/h1-11,20H. The van der Waals surface area contributed by atoms with E-state index in [0.29, 0.717) is 16.3 Å². The van der Waals surface area contributed by atoms with E-state index in [1.165, 1.54) is 17.0 Å². The van der Waals surface area contributed by atoms with Crippen LogP contribution in [0.25, 0.3) is 11.0 Å². The Morgan fingerprint density at radius 2 is 1.77 bits per heavy atom. The third kappa shape index (κ3) is 2.95. The molecular formula is C23H12BrClFNO3. The molecule has 0 saturated heterocycles. The third-order valence-electron chi connectivity index (χ3n) is 5.10. The molecule has 7 heteroatoms. The SMILES string of the molecule is O=C1c2oc3ccc(F)cc3c(=O)c2C(c2ccc(Cl)cc2)N1c1cccc(Br)c1. The van der Waals surface area contributed by atoms with Crippen molar-refractivity contribution in [2.75, 3.05) is 4.90 Å². The highest BCUT2D eigenvalue weighted by molar-refractivity contribution is 9.10. The lowest BCUT2D eigenvalue weighted by Crippen LogP contribution is -2.29. The summed E-state index contributed by atoms with van der Waals surface area (Å²) in [6.07, 6.45) is 0. The van der Waals surface area contributed by atoms with Gasteiger partial charge in [0.1, 0.15) is 11.4 Å². The molecule has 0 bridgehead atoms. The van der Waals surface area contributed by atoms with Crippen LogP contribution in [0.15, 0.2) is 80.4 Å². The van der Waals surface area contributed by atoms with Crippen molar-refractivity contribution in [1.82, 2.24) is 0 Å². The maximum Gasteiger partial charge on any atom is 0.295 e. The predicted octanol–water partition coefficient (Wildman–Crippen LogP) is 6.10. The molecule has 5 rings (SSSR count). The molecule has 1 aromatic heterocycles. The zero-order valence-corrected chi connectivity index (χ0v) is 17.6. The highest BCUT2D eigenvalue weighted by atomic mass is 79.9. The number of rotatable bonds is 2. The molecule has 4 aromatic rings. The van der Waals surface area contributed by atoms with Crippen LogP contribution in [0.3, 0.4) is 0 Å². The van der Waals surface area contributed by atoms with E-state index in [1.54, 1.807) is 42.5 Å². The monoisotopic (exact) mass is 483 g/mol. The van der Waals surface area contributed by atoms with Gasteiger partial charge in [-0.15, -0.1) is 0 Å². The summed E-state index contributed by atoms with van der Waals surface area (Å²) in [5, 5.41) is 0.626. The van der Waals surface area contributed by atoms with Crippen LogP contribution in [0.1, 0.15) is 27.7 Å². The Morgan fingerprint density at radius 1 is 1.00 bits per heavy atom. The van der Waals surface area contributed by atoms with Gasteiger partial charge in [-0.2, -0.15) is 0 Å². The number of hydrogen-bond acceptors (Lipinski definition) is 3. The van der Waals surface area contributed by atoms with E-state index in [1.807, 2.05) is 6.07 Å². The van der Waals surface area contributed by atoms with Crippen LogP contribution in [-0.4, -0.2) is 5.91 Å². The molecule has 4 nitrogen and oxygen atoms in total. The average molecular weight is 485 g/mol. The first-order chi connectivity index (χ1) is 14.4. The van der Waals surface area contributed by atoms with E-state index < -0.39 is 23.2 Å². The molecule has 2 heterocycles. The van der Waals surface area contributed by atoms with Gasteiger partial charge in [-0.1, -0.05) is 45.7 Å². The molecular weight excluding hydrogens is 473 g/mol. The van der Waals surface area contributed by atoms with Crippen LogP contribution in [0.5, 0.6) is 0 Å². The molecule has 30 heavy (non-hydrogen) atoms. The summed E-state index contributed by atoms with van der Waals surface area (Å²) < 4.78 is 20.4. The Morgan fingerprint density at radius 3 is 2.50 bits per heavy atom. The van der Waals surface area contributed by atoms with E-state index in [-0.39, 0.29) is 22.3 Å². The first kappa shape index (κ1) is 19.0. The highest BCUT2D eigenvalue weighted by Crippen LogP contribution is 2.41. The van der Waals surface area contributed by atoms with Gasteiger partial charge in [-0.05, 0) is 54.1 Å². The molecule has 0 aliphatic carbocycles. The maximum atomic E-state index is 13.8. The Kier molecular flexibility index (Phi) is 4.49. The zero-order valence-electron chi connectivity index (χ0n) is 15.2. The van der Waals surface area contributed by atoms with Crippen molar-refractivity contribution in [3.63, 3.8) is 0 Å². The van der Waals surface area contributed by atoms with Crippen molar-refractivity contribution in [2.45, 2.75) is 6.04 Å². The molecule has 0 spiro atoms. The summed E-state index contributed by atoms with van der Waals surface area (Å²) in [5.41, 5.74) is 1.20. The molecule has 1 aliphatic heterocycles. The lowest BCUT2D eigenvalue weighted by atomic mass is 9.98. The number of carbonyl (C=O) groups excluding carboxylic acids is 1. The summed E-state index contributed by atoms with van der Waals surface area (Å²) in [5.74, 6) is -1.03. The van der Waals surface area contributed by atoms with Crippen LogP contribution in [-0.2, 0) is 0 Å². The fraction of sp³-hybridized carbons (Fsp3) is 0.0435. The van der Waals surface area contributed by atoms with E-state index in [2.05, 4.69) is 15.9 Å². The molecule has 0 radical (unpaired) electrons. The lowest BCUT2D eigenvalue weighted by Gasteiger charge is -2.25. The number of carbonyl (C=O) groups is 1. The van der Waals surface area contributed by atoms with Gasteiger partial charge in [0, 0.05) is 15.2 Å². The van der Waals surface area contributed by atoms with Gasteiger partial charge in [0.15, 0.2) is 5.43 Å². The number of nitrogens with zero attached hydrogens (tertiary/aromatic N) is 1. The predicted molar refractivity (Wildman–Crippen MR) is 117 cm³/mol. The van der Waals surface area contributed by atoms with Crippen LogP contribution in [0, 0.1) is 5.82 Å². The summed E-state index contributed by atoms with van der Waals surface area (Å²) in [6, 6.07) is 17.1. The quantitative estimate of drug-likeness (QED) is 0.345. The van der Waals surface area contributed by atoms with E-state index in [9.17, 15) is 14.0 Å². The first-order valence-corrected chi connectivity index (χ1v) is 10.2. The Hall–Kier alpha value is -2.96. The second-order valence-electron chi connectivity index (χ2n) is 6.92. The summed E-state index contributed by atoms with van der Waals surface area (Å²) >= 11 is 9.47. The number of fused-ring (bicyclic) bond motifs is 2. The Labute approximate surface area is 183 Å². The van der Waals surface area contributed by atoms with Gasteiger partial charge in [-0.25, -0.2) is 4.39 Å². The fourth-order valence-corrected chi connectivity index (χ4v) is 4.31. The zero-order chi connectivity index (χ0) is 21.0. The van der Waals surface area contributed by atoms with E-state index >= 15 is 0 Å². The van der Waals surface area contributed by atoms with Crippen LogP contribution in [0.2, 0.25) is 5.02 Å². The molecule has 148 valence electrons. The average Bonchev–Trinajstić information content (AvgIpc) is 3.02. The Balaban J connectivity index is 1.83.